The molecule has 4 unspecified atom stereocenters. The first-order valence-corrected chi connectivity index (χ1v) is 12.2. The number of unbranched alkanes of at least 4 members (excludes halogenated alkanes) is 1. The molecule has 34 heavy (non-hydrogen) atoms. The summed E-state index contributed by atoms with van der Waals surface area (Å²) >= 11 is 4.03. The van der Waals surface area contributed by atoms with Crippen LogP contribution in [0.25, 0.3) is 0 Å². The summed E-state index contributed by atoms with van der Waals surface area (Å²) in [7, 11) is 0. The molecule has 0 aliphatic carbocycles. The van der Waals surface area contributed by atoms with E-state index in [2.05, 4.69) is 23.3 Å². The minimum Gasteiger partial charge on any atom is -0.480 e. The number of likely N-dealkylation sites (tertiary alicyclic amines) is 1. The molecular weight excluding hydrogens is 458 g/mol. The molecule has 1 fully saturated rings. The quantitative estimate of drug-likeness (QED) is 0.161. The number of amides is 3. The lowest BCUT2D eigenvalue weighted by Crippen LogP contribution is -2.57. The molecule has 0 aromatic heterocycles. The topological polar surface area (TPSA) is 168 Å². The maximum Gasteiger partial charge on any atom is 0.326 e. The Balaban J connectivity index is 2.23. The summed E-state index contributed by atoms with van der Waals surface area (Å²) in [5.74, 6) is -2.45. The highest BCUT2D eigenvalue weighted by Crippen LogP contribution is 2.20. The van der Waals surface area contributed by atoms with E-state index in [0.717, 1.165) is 5.56 Å². The molecule has 1 heterocycles. The van der Waals surface area contributed by atoms with E-state index in [9.17, 15) is 24.3 Å². The van der Waals surface area contributed by atoms with Crippen molar-refractivity contribution in [2.75, 3.05) is 18.8 Å². The molecule has 11 heteroatoms. The van der Waals surface area contributed by atoms with Gasteiger partial charge in [0, 0.05) is 18.7 Å². The van der Waals surface area contributed by atoms with Crippen molar-refractivity contribution < 1.29 is 24.3 Å². The summed E-state index contributed by atoms with van der Waals surface area (Å²) in [5, 5.41) is 14.9. The van der Waals surface area contributed by atoms with Gasteiger partial charge in [-0.25, -0.2) is 4.79 Å². The van der Waals surface area contributed by atoms with Gasteiger partial charge in [-0.2, -0.15) is 12.6 Å². The molecule has 4 atom stereocenters. The SMILES string of the molecule is NCCCCC(NC(=O)C(N)CS)C(=O)NC(Cc1ccccc1)C(=O)N1CCCC1C(=O)O. The Morgan fingerprint density at radius 1 is 1.09 bits per heavy atom. The average molecular weight is 494 g/mol. The number of hydrogen-bond acceptors (Lipinski definition) is 7. The van der Waals surface area contributed by atoms with Crippen molar-refractivity contribution in [3.05, 3.63) is 35.9 Å². The van der Waals surface area contributed by atoms with Crippen LogP contribution in [0.15, 0.2) is 30.3 Å². The van der Waals surface area contributed by atoms with Crippen LogP contribution < -0.4 is 22.1 Å². The molecule has 3 amide bonds. The third-order valence-corrected chi connectivity index (χ3v) is 6.22. The Kier molecular flexibility index (Phi) is 11.3. The maximum atomic E-state index is 13.4. The van der Waals surface area contributed by atoms with Crippen molar-refractivity contribution >= 4 is 36.3 Å². The van der Waals surface area contributed by atoms with Crippen molar-refractivity contribution in [3.8, 4) is 0 Å². The van der Waals surface area contributed by atoms with Gasteiger partial charge in [0.25, 0.3) is 0 Å². The fourth-order valence-corrected chi connectivity index (χ4v) is 4.10. The second-order valence-electron chi connectivity index (χ2n) is 8.41. The van der Waals surface area contributed by atoms with Gasteiger partial charge in [-0.3, -0.25) is 14.4 Å². The second-order valence-corrected chi connectivity index (χ2v) is 8.78. The van der Waals surface area contributed by atoms with Crippen molar-refractivity contribution in [1.29, 1.82) is 0 Å². The van der Waals surface area contributed by atoms with Gasteiger partial charge >= 0.3 is 5.97 Å². The third-order valence-electron chi connectivity index (χ3n) is 5.83. The Bertz CT molecular complexity index is 840. The molecule has 1 aliphatic heterocycles. The molecule has 7 N–H and O–H groups in total. The highest BCUT2D eigenvalue weighted by atomic mass is 32.1. The number of hydrogen-bond donors (Lipinski definition) is 6. The normalized spacial score (nSPS) is 18.1. The van der Waals surface area contributed by atoms with Crippen molar-refractivity contribution in [3.63, 3.8) is 0 Å². The zero-order chi connectivity index (χ0) is 25.1. The molecule has 1 saturated heterocycles. The number of nitrogens with two attached hydrogens (primary N) is 2. The molecule has 0 radical (unpaired) electrons. The number of thiol groups is 1. The lowest BCUT2D eigenvalue weighted by atomic mass is 10.0. The van der Waals surface area contributed by atoms with Crippen molar-refractivity contribution in [2.24, 2.45) is 11.5 Å². The summed E-state index contributed by atoms with van der Waals surface area (Å²) in [6, 6.07) is 5.45. The van der Waals surface area contributed by atoms with E-state index in [-0.39, 0.29) is 12.2 Å². The average Bonchev–Trinajstić information content (AvgIpc) is 3.33. The summed E-state index contributed by atoms with van der Waals surface area (Å²) < 4.78 is 0. The number of nitrogens with zero attached hydrogens (tertiary/aromatic N) is 1. The maximum absolute atomic E-state index is 13.4. The first-order chi connectivity index (χ1) is 16.3. The lowest BCUT2D eigenvalue weighted by Gasteiger charge is -2.29. The number of carboxylic acids is 1. The van der Waals surface area contributed by atoms with E-state index in [0.29, 0.717) is 45.2 Å². The Labute approximate surface area is 205 Å². The van der Waals surface area contributed by atoms with Gasteiger partial charge in [0.2, 0.25) is 17.7 Å². The minimum atomic E-state index is -1.07. The van der Waals surface area contributed by atoms with Gasteiger partial charge in [-0.15, -0.1) is 0 Å². The van der Waals surface area contributed by atoms with Crippen LogP contribution in [-0.4, -0.2) is 76.7 Å². The fraction of sp³-hybridized carbons (Fsp3) is 0.565. The van der Waals surface area contributed by atoms with Crippen LogP contribution in [-0.2, 0) is 25.6 Å². The number of rotatable bonds is 13. The first-order valence-electron chi connectivity index (χ1n) is 11.5. The van der Waals surface area contributed by atoms with Crippen LogP contribution in [0.1, 0.15) is 37.7 Å². The van der Waals surface area contributed by atoms with Crippen LogP contribution in [0.2, 0.25) is 0 Å². The largest absolute Gasteiger partial charge is 0.480 e. The van der Waals surface area contributed by atoms with Gasteiger partial charge in [0.1, 0.15) is 18.1 Å². The van der Waals surface area contributed by atoms with Gasteiger partial charge in [-0.05, 0) is 44.2 Å². The number of carboxylic acid groups (broad SMARTS) is 1. The molecule has 2 rings (SSSR count). The van der Waals surface area contributed by atoms with Crippen LogP contribution in [0, 0.1) is 0 Å². The Hall–Kier alpha value is -2.63. The standard InChI is InChI=1S/C23H35N5O5S/c24-11-5-4-9-17(26-20(29)16(25)14-34)21(30)27-18(13-15-7-2-1-3-8-15)22(31)28-12-6-10-19(28)23(32)33/h1-3,7-8,16-19,34H,4-6,9-14,24-25H2,(H,26,29)(H,27,30)(H,32,33). The second kappa shape index (κ2) is 13.9. The lowest BCUT2D eigenvalue weighted by molar-refractivity contribution is -0.149. The highest BCUT2D eigenvalue weighted by Gasteiger charge is 2.38. The number of carbonyl (C=O) groups excluding carboxylic acids is 3. The molecule has 0 saturated carbocycles. The zero-order valence-electron chi connectivity index (χ0n) is 19.2. The third kappa shape index (κ3) is 8.00. The van der Waals surface area contributed by atoms with Gasteiger partial charge < -0.3 is 32.1 Å². The first kappa shape index (κ1) is 27.6. The summed E-state index contributed by atoms with van der Waals surface area (Å²) in [5.41, 5.74) is 12.1. The van der Waals surface area contributed by atoms with Crippen molar-refractivity contribution in [1.82, 2.24) is 15.5 Å². The predicted octanol–water partition coefficient (Wildman–Crippen LogP) is -0.340. The predicted molar refractivity (Wildman–Crippen MR) is 131 cm³/mol. The van der Waals surface area contributed by atoms with Gasteiger partial charge in [0.05, 0.1) is 6.04 Å². The van der Waals surface area contributed by atoms with Crippen LogP contribution in [0.3, 0.4) is 0 Å². The minimum absolute atomic E-state index is 0.115. The van der Waals surface area contributed by atoms with E-state index in [4.69, 9.17) is 11.5 Å². The molecule has 1 aromatic rings. The number of carbonyl (C=O) groups is 4. The van der Waals surface area contributed by atoms with Crippen molar-refractivity contribution in [2.45, 2.75) is 62.7 Å². The molecule has 1 aromatic carbocycles. The van der Waals surface area contributed by atoms with Gasteiger partial charge in [-0.1, -0.05) is 30.3 Å². The number of benzene rings is 1. The Morgan fingerprint density at radius 2 is 1.76 bits per heavy atom. The number of nitrogens with one attached hydrogen (secondary N) is 2. The van der Waals surface area contributed by atoms with E-state index in [1.807, 2.05) is 30.3 Å². The molecule has 10 nitrogen and oxygen atoms in total. The van der Waals surface area contributed by atoms with E-state index in [1.54, 1.807) is 0 Å². The monoisotopic (exact) mass is 493 g/mol. The smallest absolute Gasteiger partial charge is 0.326 e. The molecule has 1 aliphatic rings. The summed E-state index contributed by atoms with van der Waals surface area (Å²) in [6.45, 7) is 0.753. The zero-order valence-corrected chi connectivity index (χ0v) is 20.1. The van der Waals surface area contributed by atoms with E-state index in [1.165, 1.54) is 4.90 Å². The number of aliphatic carboxylic acids is 1. The highest BCUT2D eigenvalue weighted by molar-refractivity contribution is 7.80. The molecule has 188 valence electrons. The molecular formula is C23H35N5O5S. The molecule has 0 spiro atoms. The van der Waals surface area contributed by atoms with Crippen LogP contribution in [0.4, 0.5) is 0 Å². The van der Waals surface area contributed by atoms with Crippen LogP contribution in [0.5, 0.6) is 0 Å². The summed E-state index contributed by atoms with van der Waals surface area (Å²) in [4.78, 5) is 51.9. The fourth-order valence-electron chi connectivity index (χ4n) is 3.93. The summed E-state index contributed by atoms with van der Waals surface area (Å²) in [6.07, 6.45) is 2.71. The van der Waals surface area contributed by atoms with E-state index < -0.39 is 47.9 Å². The van der Waals surface area contributed by atoms with Gasteiger partial charge in [0.15, 0.2) is 0 Å². The van der Waals surface area contributed by atoms with E-state index >= 15 is 0 Å². The Morgan fingerprint density at radius 3 is 2.38 bits per heavy atom. The van der Waals surface area contributed by atoms with Crippen LogP contribution >= 0.6 is 12.6 Å². The molecule has 0 bridgehead atoms.